The molecule has 1 saturated carbocycles. The molecule has 1 aliphatic carbocycles. The molecule has 142 valence electrons. The Morgan fingerprint density at radius 3 is 2.44 bits per heavy atom. The first kappa shape index (κ1) is 17.4. The molecule has 0 bridgehead atoms. The zero-order valence-electron chi connectivity index (χ0n) is 15.5. The van der Waals surface area contributed by atoms with Gasteiger partial charge >= 0.3 is 5.69 Å². The predicted octanol–water partition coefficient (Wildman–Crippen LogP) is 1.54. The molecule has 0 spiro atoms. The fourth-order valence-electron chi connectivity index (χ4n) is 3.75. The number of benzene rings is 1. The number of phenols is 1. The fourth-order valence-corrected chi connectivity index (χ4v) is 3.75. The molecule has 0 radical (unpaired) electrons. The highest BCUT2D eigenvalue weighted by atomic mass is 16.3. The van der Waals surface area contributed by atoms with Gasteiger partial charge in [-0.1, -0.05) is 25.0 Å². The molecule has 1 aromatic carbocycles. The van der Waals surface area contributed by atoms with E-state index >= 15 is 0 Å². The quantitative estimate of drug-likeness (QED) is 0.728. The smallest absolute Gasteiger partial charge is 0.332 e. The third-order valence-corrected chi connectivity index (χ3v) is 5.31. The Morgan fingerprint density at radius 1 is 1.11 bits per heavy atom. The lowest BCUT2D eigenvalue weighted by molar-refractivity contribution is 0.475. The van der Waals surface area contributed by atoms with E-state index in [1.807, 2.05) is 16.7 Å². The molecule has 2 N–H and O–H groups in total. The van der Waals surface area contributed by atoms with Gasteiger partial charge in [-0.05, 0) is 30.5 Å². The van der Waals surface area contributed by atoms with Crippen LogP contribution in [0.4, 0.5) is 5.95 Å². The zero-order valence-corrected chi connectivity index (χ0v) is 15.5. The van der Waals surface area contributed by atoms with E-state index in [-0.39, 0.29) is 11.3 Å². The Balaban J connectivity index is 1.90. The molecule has 2 aromatic heterocycles. The van der Waals surface area contributed by atoms with E-state index in [0.717, 1.165) is 23.0 Å². The number of imidazole rings is 1. The molecule has 0 amide bonds. The van der Waals surface area contributed by atoms with E-state index in [0.29, 0.717) is 29.7 Å². The van der Waals surface area contributed by atoms with Crippen molar-refractivity contribution in [2.75, 3.05) is 5.32 Å². The third-order valence-electron chi connectivity index (χ3n) is 5.31. The van der Waals surface area contributed by atoms with Gasteiger partial charge in [-0.3, -0.25) is 18.5 Å². The van der Waals surface area contributed by atoms with Crippen molar-refractivity contribution in [1.82, 2.24) is 18.7 Å². The zero-order chi connectivity index (χ0) is 19.1. The molecule has 0 aliphatic heterocycles. The van der Waals surface area contributed by atoms with Gasteiger partial charge in [0.25, 0.3) is 5.56 Å². The van der Waals surface area contributed by atoms with Gasteiger partial charge in [0.05, 0.1) is 6.54 Å². The van der Waals surface area contributed by atoms with E-state index in [4.69, 9.17) is 0 Å². The van der Waals surface area contributed by atoms with Crippen molar-refractivity contribution in [1.29, 1.82) is 0 Å². The van der Waals surface area contributed by atoms with Crippen LogP contribution in [0.1, 0.15) is 31.2 Å². The summed E-state index contributed by atoms with van der Waals surface area (Å²) < 4.78 is 4.35. The topological polar surface area (TPSA) is 94.1 Å². The van der Waals surface area contributed by atoms with Crippen molar-refractivity contribution in [2.45, 2.75) is 38.3 Å². The van der Waals surface area contributed by atoms with Crippen LogP contribution in [0, 0.1) is 0 Å². The van der Waals surface area contributed by atoms with Gasteiger partial charge in [-0.15, -0.1) is 0 Å². The number of nitrogens with zero attached hydrogens (tertiary/aromatic N) is 4. The molecular formula is C19H23N5O3. The number of hydrogen-bond acceptors (Lipinski definition) is 5. The number of fused-ring (bicyclic) bond motifs is 1. The number of aryl methyl sites for hydroxylation is 1. The molecular weight excluding hydrogens is 346 g/mol. The second-order valence-electron chi connectivity index (χ2n) is 7.19. The van der Waals surface area contributed by atoms with Gasteiger partial charge in [0, 0.05) is 20.1 Å². The normalized spacial score (nSPS) is 14.9. The second-order valence-corrected chi connectivity index (χ2v) is 7.19. The predicted molar refractivity (Wildman–Crippen MR) is 103 cm³/mol. The van der Waals surface area contributed by atoms with Crippen LogP contribution in [0.2, 0.25) is 0 Å². The highest BCUT2D eigenvalue weighted by molar-refractivity contribution is 5.74. The maximum atomic E-state index is 12.8. The number of nitrogens with one attached hydrogen (secondary N) is 1. The van der Waals surface area contributed by atoms with E-state index in [1.165, 1.54) is 24.5 Å². The summed E-state index contributed by atoms with van der Waals surface area (Å²) in [6.45, 7) is 0.416. The maximum absolute atomic E-state index is 12.8. The van der Waals surface area contributed by atoms with Crippen LogP contribution >= 0.6 is 0 Å². The minimum absolute atomic E-state index is 0.192. The number of aromatic hydroxyl groups is 1. The molecule has 1 aliphatic rings. The molecule has 8 heteroatoms. The first-order chi connectivity index (χ1) is 13.0. The van der Waals surface area contributed by atoms with Crippen molar-refractivity contribution in [3.8, 4) is 5.75 Å². The highest BCUT2D eigenvalue weighted by Crippen LogP contribution is 2.24. The Labute approximate surface area is 155 Å². The van der Waals surface area contributed by atoms with Crippen LogP contribution in [-0.4, -0.2) is 29.8 Å². The molecule has 0 saturated heterocycles. The number of phenolic OH excluding ortho intramolecular Hbond substituents is 1. The van der Waals surface area contributed by atoms with Crippen molar-refractivity contribution in [3.63, 3.8) is 0 Å². The summed E-state index contributed by atoms with van der Waals surface area (Å²) >= 11 is 0. The number of rotatable bonds is 4. The van der Waals surface area contributed by atoms with Crippen molar-refractivity contribution in [2.24, 2.45) is 14.1 Å². The summed E-state index contributed by atoms with van der Waals surface area (Å²) in [4.78, 5) is 29.7. The minimum Gasteiger partial charge on any atom is -0.508 e. The monoisotopic (exact) mass is 369 g/mol. The summed E-state index contributed by atoms with van der Waals surface area (Å²) in [7, 11) is 3.10. The van der Waals surface area contributed by atoms with Crippen LogP contribution in [0.15, 0.2) is 33.9 Å². The minimum atomic E-state index is -0.394. The lowest BCUT2D eigenvalue weighted by Gasteiger charge is -2.15. The second kappa shape index (κ2) is 6.61. The summed E-state index contributed by atoms with van der Waals surface area (Å²) in [5, 5.41) is 13.0. The number of anilines is 1. The lowest BCUT2D eigenvalue weighted by atomic mass is 10.2. The van der Waals surface area contributed by atoms with E-state index in [9.17, 15) is 14.7 Å². The summed E-state index contributed by atoms with van der Waals surface area (Å²) in [6.07, 6.45) is 4.49. The lowest BCUT2D eigenvalue weighted by Crippen LogP contribution is -2.37. The van der Waals surface area contributed by atoms with Gasteiger partial charge in [0.2, 0.25) is 5.95 Å². The summed E-state index contributed by atoms with van der Waals surface area (Å²) in [6, 6.07) is 7.18. The van der Waals surface area contributed by atoms with Gasteiger partial charge in [-0.25, -0.2) is 4.79 Å². The van der Waals surface area contributed by atoms with Crippen molar-refractivity contribution >= 4 is 17.1 Å². The summed E-state index contributed by atoms with van der Waals surface area (Å²) in [5.41, 5.74) is 0.945. The molecule has 27 heavy (non-hydrogen) atoms. The van der Waals surface area contributed by atoms with Gasteiger partial charge in [0.15, 0.2) is 11.2 Å². The molecule has 1 fully saturated rings. The molecule has 0 unspecified atom stereocenters. The molecule has 0 atom stereocenters. The van der Waals surface area contributed by atoms with Crippen LogP contribution < -0.4 is 16.6 Å². The van der Waals surface area contributed by atoms with Crippen molar-refractivity contribution in [3.05, 3.63) is 50.7 Å². The van der Waals surface area contributed by atoms with E-state index in [1.54, 1.807) is 19.2 Å². The Hall–Kier alpha value is -3.03. The first-order valence-corrected chi connectivity index (χ1v) is 9.16. The van der Waals surface area contributed by atoms with Gasteiger partial charge in [-0.2, -0.15) is 4.98 Å². The average Bonchev–Trinajstić information content (AvgIpc) is 3.29. The Bertz CT molecular complexity index is 1100. The standard InChI is InChI=1S/C19H23N5O3/c1-22-16-15(17(26)23(2)19(22)27)24(11-12-7-9-14(25)10-8-12)18(21-16)20-13-5-3-4-6-13/h7-10,13,25H,3-6,11H2,1-2H3,(H,20,21). The molecule has 4 rings (SSSR count). The van der Waals surface area contributed by atoms with E-state index < -0.39 is 5.69 Å². The largest absolute Gasteiger partial charge is 0.508 e. The van der Waals surface area contributed by atoms with Crippen LogP contribution in [0.3, 0.4) is 0 Å². The maximum Gasteiger partial charge on any atom is 0.332 e. The average molecular weight is 369 g/mol. The molecule has 8 nitrogen and oxygen atoms in total. The molecule has 2 heterocycles. The Kier molecular flexibility index (Phi) is 4.25. The number of hydrogen-bond donors (Lipinski definition) is 2. The van der Waals surface area contributed by atoms with Crippen LogP contribution in [0.25, 0.3) is 11.2 Å². The van der Waals surface area contributed by atoms with Crippen molar-refractivity contribution < 1.29 is 5.11 Å². The van der Waals surface area contributed by atoms with Crippen LogP contribution in [-0.2, 0) is 20.6 Å². The fraction of sp³-hybridized carbons (Fsp3) is 0.421. The van der Waals surface area contributed by atoms with Crippen LogP contribution in [0.5, 0.6) is 5.75 Å². The van der Waals surface area contributed by atoms with E-state index in [2.05, 4.69) is 10.3 Å². The third kappa shape index (κ3) is 3.01. The molecule has 3 aromatic rings. The van der Waals surface area contributed by atoms with Gasteiger partial charge in [0.1, 0.15) is 5.75 Å². The summed E-state index contributed by atoms with van der Waals surface area (Å²) in [5.74, 6) is 0.792. The van der Waals surface area contributed by atoms with Gasteiger partial charge < -0.3 is 10.4 Å². The SMILES string of the molecule is Cn1c(=O)c2c(nc(NC3CCCC3)n2Cc2ccc(O)cc2)n(C)c1=O. The Morgan fingerprint density at radius 2 is 1.78 bits per heavy atom. The number of aromatic nitrogens is 4. The first-order valence-electron chi connectivity index (χ1n) is 9.16. The highest BCUT2D eigenvalue weighted by Gasteiger charge is 2.22.